The van der Waals surface area contributed by atoms with E-state index in [1.165, 1.54) is 22.6 Å². The molecule has 2 heterocycles. The largest absolute Gasteiger partial charge is 0.350 e. The van der Waals surface area contributed by atoms with Crippen LogP contribution in [0.4, 0.5) is 0 Å². The Hall–Kier alpha value is -2.52. The van der Waals surface area contributed by atoms with E-state index in [2.05, 4.69) is 33.3 Å². The number of rotatable bonds is 8. The van der Waals surface area contributed by atoms with Crippen molar-refractivity contribution >= 4 is 27.3 Å². The maximum Gasteiger partial charge on any atom is 0.251 e. The molecule has 2 aromatic carbocycles. The van der Waals surface area contributed by atoms with Crippen LogP contribution in [0.25, 0.3) is 0 Å². The van der Waals surface area contributed by atoms with Gasteiger partial charge in [-0.3, -0.25) is 9.69 Å². The standard InChI is InChI=1S/C24H27N3O3S2/c1-18(27-12-10-23-21(17-27)11-13-31-23)15-25-24(28)20-8-5-9-22(14-20)32(29,30)26-16-19-6-3-2-4-7-19/h2-9,11,13-14,18,26H,10,12,15-17H2,1H3,(H,25,28). The minimum Gasteiger partial charge on any atom is -0.350 e. The highest BCUT2D eigenvalue weighted by Crippen LogP contribution is 2.25. The van der Waals surface area contributed by atoms with Gasteiger partial charge in [0, 0.05) is 42.7 Å². The summed E-state index contributed by atoms with van der Waals surface area (Å²) in [5.74, 6) is -0.273. The van der Waals surface area contributed by atoms with Crippen LogP contribution in [0.15, 0.2) is 70.9 Å². The van der Waals surface area contributed by atoms with Gasteiger partial charge in [-0.15, -0.1) is 11.3 Å². The number of carbonyl (C=O) groups is 1. The molecule has 1 aliphatic heterocycles. The number of amides is 1. The molecule has 0 bridgehead atoms. The van der Waals surface area contributed by atoms with E-state index in [0.717, 1.165) is 25.1 Å². The molecular formula is C24H27N3O3S2. The van der Waals surface area contributed by atoms with Crippen LogP contribution >= 0.6 is 11.3 Å². The van der Waals surface area contributed by atoms with Crippen molar-refractivity contribution in [2.24, 2.45) is 0 Å². The number of carbonyl (C=O) groups excluding carboxylic acids is 1. The van der Waals surface area contributed by atoms with E-state index < -0.39 is 10.0 Å². The van der Waals surface area contributed by atoms with Crippen LogP contribution in [0.5, 0.6) is 0 Å². The van der Waals surface area contributed by atoms with Crippen LogP contribution < -0.4 is 10.0 Å². The molecule has 0 saturated heterocycles. The first kappa shape index (κ1) is 22.7. The first-order valence-corrected chi connectivity index (χ1v) is 13.0. The monoisotopic (exact) mass is 469 g/mol. The minimum absolute atomic E-state index is 0.0788. The van der Waals surface area contributed by atoms with E-state index in [1.807, 2.05) is 41.7 Å². The lowest BCUT2D eigenvalue weighted by molar-refractivity contribution is 0.0932. The van der Waals surface area contributed by atoms with Gasteiger partial charge in [0.1, 0.15) is 0 Å². The average Bonchev–Trinajstić information content (AvgIpc) is 3.30. The lowest BCUT2D eigenvalue weighted by Gasteiger charge is -2.32. The lowest BCUT2D eigenvalue weighted by atomic mass is 10.1. The molecule has 0 saturated carbocycles. The van der Waals surface area contributed by atoms with Gasteiger partial charge in [0.05, 0.1) is 4.90 Å². The number of hydrogen-bond donors (Lipinski definition) is 2. The Morgan fingerprint density at radius 1 is 1.12 bits per heavy atom. The molecule has 0 aliphatic carbocycles. The molecule has 0 fully saturated rings. The Labute approximate surface area is 193 Å². The average molecular weight is 470 g/mol. The van der Waals surface area contributed by atoms with Gasteiger partial charge in [0.15, 0.2) is 0 Å². The second-order valence-electron chi connectivity index (χ2n) is 7.99. The number of fused-ring (bicyclic) bond motifs is 1. The van der Waals surface area contributed by atoms with Crippen molar-refractivity contribution in [2.75, 3.05) is 13.1 Å². The summed E-state index contributed by atoms with van der Waals surface area (Å²) in [5.41, 5.74) is 2.57. The second-order valence-corrected chi connectivity index (χ2v) is 10.8. The van der Waals surface area contributed by atoms with Gasteiger partial charge < -0.3 is 5.32 Å². The van der Waals surface area contributed by atoms with Crippen molar-refractivity contribution in [2.45, 2.75) is 37.4 Å². The Morgan fingerprint density at radius 3 is 2.75 bits per heavy atom. The van der Waals surface area contributed by atoms with Gasteiger partial charge in [0.2, 0.25) is 10.0 Å². The molecule has 1 amide bonds. The maximum absolute atomic E-state index is 12.7. The van der Waals surface area contributed by atoms with E-state index in [-0.39, 0.29) is 23.4 Å². The van der Waals surface area contributed by atoms with Crippen LogP contribution in [-0.2, 0) is 29.5 Å². The molecule has 0 radical (unpaired) electrons. The molecule has 8 heteroatoms. The van der Waals surface area contributed by atoms with E-state index >= 15 is 0 Å². The van der Waals surface area contributed by atoms with Crippen LogP contribution in [0.2, 0.25) is 0 Å². The number of nitrogens with zero attached hydrogens (tertiary/aromatic N) is 1. The maximum atomic E-state index is 12.7. The highest BCUT2D eigenvalue weighted by molar-refractivity contribution is 7.89. The van der Waals surface area contributed by atoms with Crippen LogP contribution in [-0.4, -0.2) is 38.4 Å². The van der Waals surface area contributed by atoms with Crippen molar-refractivity contribution in [1.29, 1.82) is 0 Å². The first-order chi connectivity index (χ1) is 15.4. The van der Waals surface area contributed by atoms with Crippen molar-refractivity contribution in [3.63, 3.8) is 0 Å². The Bertz CT molecular complexity index is 1180. The quantitative estimate of drug-likeness (QED) is 0.530. The fraction of sp³-hybridized carbons (Fsp3) is 0.292. The van der Waals surface area contributed by atoms with E-state index in [0.29, 0.717) is 12.1 Å². The van der Waals surface area contributed by atoms with Gasteiger partial charge >= 0.3 is 0 Å². The van der Waals surface area contributed by atoms with Crippen LogP contribution in [0, 0.1) is 0 Å². The zero-order chi connectivity index (χ0) is 22.6. The summed E-state index contributed by atoms with van der Waals surface area (Å²) in [6.45, 7) is 4.68. The summed E-state index contributed by atoms with van der Waals surface area (Å²) >= 11 is 1.81. The Kier molecular flexibility index (Phi) is 7.05. The number of benzene rings is 2. The van der Waals surface area contributed by atoms with E-state index in [9.17, 15) is 13.2 Å². The van der Waals surface area contributed by atoms with E-state index in [4.69, 9.17) is 0 Å². The molecule has 1 unspecified atom stereocenters. The Morgan fingerprint density at radius 2 is 1.94 bits per heavy atom. The molecule has 168 valence electrons. The molecule has 4 rings (SSSR count). The molecule has 0 spiro atoms. The van der Waals surface area contributed by atoms with Crippen molar-refractivity contribution in [3.8, 4) is 0 Å². The molecular weight excluding hydrogens is 442 g/mol. The summed E-state index contributed by atoms with van der Waals surface area (Å²) < 4.78 is 28.0. The number of hydrogen-bond acceptors (Lipinski definition) is 5. The van der Waals surface area contributed by atoms with Gasteiger partial charge in [0.25, 0.3) is 5.91 Å². The van der Waals surface area contributed by atoms with E-state index in [1.54, 1.807) is 12.1 Å². The normalized spacial score (nSPS) is 15.2. The summed E-state index contributed by atoms with van der Waals surface area (Å²) in [6.07, 6.45) is 1.04. The van der Waals surface area contributed by atoms with Gasteiger partial charge in [-0.05, 0) is 54.1 Å². The zero-order valence-electron chi connectivity index (χ0n) is 18.0. The third-order valence-electron chi connectivity index (χ3n) is 5.73. The first-order valence-electron chi connectivity index (χ1n) is 10.6. The van der Waals surface area contributed by atoms with Crippen molar-refractivity contribution in [3.05, 3.63) is 87.6 Å². The van der Waals surface area contributed by atoms with Gasteiger partial charge in [-0.2, -0.15) is 0 Å². The predicted octanol–water partition coefficient (Wildman–Crippen LogP) is 3.40. The lowest BCUT2D eigenvalue weighted by Crippen LogP contribution is -2.44. The van der Waals surface area contributed by atoms with Crippen molar-refractivity contribution in [1.82, 2.24) is 14.9 Å². The third-order valence-corrected chi connectivity index (χ3v) is 8.16. The summed E-state index contributed by atoms with van der Waals surface area (Å²) in [5, 5.41) is 5.09. The highest BCUT2D eigenvalue weighted by Gasteiger charge is 2.22. The summed E-state index contributed by atoms with van der Waals surface area (Å²) in [6, 6.07) is 17.8. The number of thiophene rings is 1. The van der Waals surface area contributed by atoms with Gasteiger partial charge in [-0.25, -0.2) is 13.1 Å². The second kappa shape index (κ2) is 9.95. The fourth-order valence-electron chi connectivity index (χ4n) is 3.78. The van der Waals surface area contributed by atoms with Crippen LogP contribution in [0.1, 0.15) is 33.3 Å². The Balaban J connectivity index is 1.34. The molecule has 1 aromatic heterocycles. The zero-order valence-corrected chi connectivity index (χ0v) is 19.6. The molecule has 32 heavy (non-hydrogen) atoms. The summed E-state index contributed by atoms with van der Waals surface area (Å²) in [4.78, 5) is 16.6. The SMILES string of the molecule is CC(CNC(=O)c1cccc(S(=O)(=O)NCc2ccccc2)c1)N1CCc2sccc2C1. The smallest absolute Gasteiger partial charge is 0.251 e. The van der Waals surface area contributed by atoms with Gasteiger partial charge in [-0.1, -0.05) is 36.4 Å². The van der Waals surface area contributed by atoms with Crippen LogP contribution in [0.3, 0.4) is 0 Å². The highest BCUT2D eigenvalue weighted by atomic mass is 32.2. The molecule has 1 aliphatic rings. The predicted molar refractivity (Wildman–Crippen MR) is 127 cm³/mol. The molecule has 1 atom stereocenters. The topological polar surface area (TPSA) is 78.5 Å². The molecule has 6 nitrogen and oxygen atoms in total. The van der Waals surface area contributed by atoms with Crippen molar-refractivity contribution < 1.29 is 13.2 Å². The summed E-state index contributed by atoms with van der Waals surface area (Å²) in [7, 11) is -3.72. The minimum atomic E-state index is -3.72. The fourth-order valence-corrected chi connectivity index (χ4v) is 5.73. The molecule has 3 aromatic rings. The third kappa shape index (κ3) is 5.45. The number of nitrogens with one attached hydrogen (secondary N) is 2. The number of sulfonamides is 1. The molecule has 2 N–H and O–H groups in total.